The van der Waals surface area contributed by atoms with Gasteiger partial charge in [-0.3, -0.25) is 0 Å². The Labute approximate surface area is 93.0 Å². The minimum atomic E-state index is 0.600. The summed E-state index contributed by atoms with van der Waals surface area (Å²) in [5.41, 5.74) is 1.18. The van der Waals surface area contributed by atoms with E-state index in [0.717, 1.165) is 12.3 Å². The van der Waals surface area contributed by atoms with Gasteiger partial charge >= 0.3 is 0 Å². The quantitative estimate of drug-likeness (QED) is 0.765. The number of aromatic nitrogens is 4. The first kappa shape index (κ1) is 10.6. The Balaban J connectivity index is 1.81. The van der Waals surface area contributed by atoms with Gasteiger partial charge in [0.25, 0.3) is 0 Å². The minimum Gasteiger partial charge on any atom is -0.497 e. The molecule has 0 amide bonds. The summed E-state index contributed by atoms with van der Waals surface area (Å²) in [6.07, 6.45) is 0. The Bertz CT molecular complexity index is 411. The van der Waals surface area contributed by atoms with Gasteiger partial charge < -0.3 is 10.1 Å². The van der Waals surface area contributed by atoms with Gasteiger partial charge in [0.05, 0.1) is 13.7 Å². The highest BCUT2D eigenvalue weighted by Gasteiger charge is 1.98. The fourth-order valence-electron chi connectivity index (χ4n) is 1.32. The highest BCUT2D eigenvalue weighted by molar-refractivity contribution is 5.26. The van der Waals surface area contributed by atoms with E-state index in [1.807, 2.05) is 24.3 Å². The number of ether oxygens (including phenoxy) is 1. The lowest BCUT2D eigenvalue weighted by Crippen LogP contribution is -2.13. The summed E-state index contributed by atoms with van der Waals surface area (Å²) in [4.78, 5) is 0. The van der Waals surface area contributed by atoms with Gasteiger partial charge in [0.1, 0.15) is 5.75 Å². The van der Waals surface area contributed by atoms with Gasteiger partial charge in [0.2, 0.25) is 0 Å². The Morgan fingerprint density at radius 2 is 2.06 bits per heavy atom. The molecule has 1 aromatic heterocycles. The lowest BCUT2D eigenvalue weighted by atomic mass is 10.2. The molecule has 6 heteroatoms. The van der Waals surface area contributed by atoms with Crippen LogP contribution >= 0.6 is 0 Å². The minimum absolute atomic E-state index is 0.600. The molecule has 0 saturated heterocycles. The number of aromatic amines is 1. The number of rotatable bonds is 5. The van der Waals surface area contributed by atoms with E-state index in [9.17, 15) is 0 Å². The number of H-pyrrole nitrogens is 1. The van der Waals surface area contributed by atoms with Gasteiger partial charge in [0.15, 0.2) is 5.82 Å². The second kappa shape index (κ2) is 5.22. The standard InChI is InChI=1S/C10H13N5O/c1-16-9-4-2-8(3-5-9)6-11-7-10-12-14-15-13-10/h2-5,11H,6-7H2,1H3,(H,12,13,14,15). The largest absolute Gasteiger partial charge is 0.497 e. The summed E-state index contributed by atoms with van der Waals surface area (Å²) in [6.45, 7) is 1.36. The van der Waals surface area contributed by atoms with Crippen molar-refractivity contribution in [3.63, 3.8) is 0 Å². The molecule has 0 unspecified atom stereocenters. The van der Waals surface area contributed by atoms with E-state index in [0.29, 0.717) is 12.4 Å². The average Bonchev–Trinajstić information content (AvgIpc) is 2.83. The molecule has 0 radical (unpaired) electrons. The molecule has 0 bridgehead atoms. The fourth-order valence-corrected chi connectivity index (χ4v) is 1.32. The van der Waals surface area contributed by atoms with Crippen LogP contribution in [0.2, 0.25) is 0 Å². The molecule has 0 saturated carbocycles. The van der Waals surface area contributed by atoms with Crippen molar-refractivity contribution in [2.75, 3.05) is 7.11 Å². The summed E-state index contributed by atoms with van der Waals surface area (Å²) in [5, 5.41) is 16.8. The number of nitrogens with one attached hydrogen (secondary N) is 2. The zero-order valence-corrected chi connectivity index (χ0v) is 8.97. The van der Waals surface area contributed by atoms with Crippen molar-refractivity contribution >= 4 is 0 Å². The molecule has 1 aromatic carbocycles. The van der Waals surface area contributed by atoms with Gasteiger partial charge in [0, 0.05) is 6.54 Å². The van der Waals surface area contributed by atoms with Crippen LogP contribution in [0.1, 0.15) is 11.4 Å². The van der Waals surface area contributed by atoms with Crippen LogP contribution in [0, 0.1) is 0 Å². The SMILES string of the molecule is COc1ccc(CNCc2nn[nH]n2)cc1. The van der Waals surface area contributed by atoms with Gasteiger partial charge in [-0.15, -0.1) is 10.2 Å². The zero-order chi connectivity index (χ0) is 11.2. The van der Waals surface area contributed by atoms with Crippen LogP contribution in [0.5, 0.6) is 5.75 Å². The van der Waals surface area contributed by atoms with E-state index in [1.54, 1.807) is 7.11 Å². The summed E-state index contributed by atoms with van der Waals surface area (Å²) in [6, 6.07) is 7.90. The third-order valence-electron chi connectivity index (χ3n) is 2.16. The van der Waals surface area contributed by atoms with Gasteiger partial charge in [-0.2, -0.15) is 5.21 Å². The van der Waals surface area contributed by atoms with E-state index >= 15 is 0 Å². The lowest BCUT2D eigenvalue weighted by Gasteiger charge is -2.03. The molecule has 6 nitrogen and oxygen atoms in total. The first-order chi connectivity index (χ1) is 7.88. The van der Waals surface area contributed by atoms with Crippen LogP contribution in [0.4, 0.5) is 0 Å². The summed E-state index contributed by atoms with van der Waals surface area (Å²) in [7, 11) is 1.66. The zero-order valence-electron chi connectivity index (χ0n) is 8.97. The molecule has 2 rings (SSSR count). The molecule has 2 aromatic rings. The maximum Gasteiger partial charge on any atom is 0.188 e. The van der Waals surface area contributed by atoms with Gasteiger partial charge in [-0.1, -0.05) is 17.3 Å². The predicted molar refractivity (Wildman–Crippen MR) is 57.7 cm³/mol. The number of hydrogen-bond donors (Lipinski definition) is 2. The number of nitrogens with zero attached hydrogens (tertiary/aromatic N) is 3. The lowest BCUT2D eigenvalue weighted by molar-refractivity contribution is 0.414. The molecule has 1 heterocycles. The molecule has 0 spiro atoms. The van der Waals surface area contributed by atoms with Crippen LogP contribution in [0.3, 0.4) is 0 Å². The molecule has 0 atom stereocenters. The molecule has 0 aliphatic heterocycles. The van der Waals surface area contributed by atoms with Gasteiger partial charge in [-0.25, -0.2) is 0 Å². The van der Waals surface area contributed by atoms with Crippen molar-refractivity contribution in [2.24, 2.45) is 0 Å². The van der Waals surface area contributed by atoms with Crippen molar-refractivity contribution in [1.82, 2.24) is 25.9 Å². The van der Waals surface area contributed by atoms with E-state index in [2.05, 4.69) is 25.9 Å². The van der Waals surface area contributed by atoms with Crippen molar-refractivity contribution < 1.29 is 4.74 Å². The van der Waals surface area contributed by atoms with Crippen LogP contribution in [0.15, 0.2) is 24.3 Å². The topological polar surface area (TPSA) is 75.7 Å². The van der Waals surface area contributed by atoms with Crippen LogP contribution in [-0.2, 0) is 13.1 Å². The number of methoxy groups -OCH3 is 1. The van der Waals surface area contributed by atoms with E-state index < -0.39 is 0 Å². The average molecular weight is 219 g/mol. The Morgan fingerprint density at radius 3 is 2.69 bits per heavy atom. The van der Waals surface area contributed by atoms with E-state index in [4.69, 9.17) is 4.74 Å². The number of tetrazole rings is 1. The summed E-state index contributed by atoms with van der Waals surface area (Å²) in [5.74, 6) is 1.52. The molecule has 16 heavy (non-hydrogen) atoms. The van der Waals surface area contributed by atoms with Crippen molar-refractivity contribution in [1.29, 1.82) is 0 Å². The van der Waals surface area contributed by atoms with Crippen molar-refractivity contribution in [3.8, 4) is 5.75 Å². The molecule has 0 aliphatic carbocycles. The first-order valence-corrected chi connectivity index (χ1v) is 4.94. The smallest absolute Gasteiger partial charge is 0.188 e. The molecular formula is C10H13N5O. The van der Waals surface area contributed by atoms with Crippen molar-refractivity contribution in [2.45, 2.75) is 13.1 Å². The Morgan fingerprint density at radius 1 is 1.25 bits per heavy atom. The van der Waals surface area contributed by atoms with E-state index in [-0.39, 0.29) is 0 Å². The maximum absolute atomic E-state index is 5.08. The third-order valence-corrected chi connectivity index (χ3v) is 2.16. The van der Waals surface area contributed by atoms with Crippen LogP contribution in [0.25, 0.3) is 0 Å². The van der Waals surface area contributed by atoms with Crippen molar-refractivity contribution in [3.05, 3.63) is 35.7 Å². The fraction of sp³-hybridized carbons (Fsp3) is 0.300. The first-order valence-electron chi connectivity index (χ1n) is 4.94. The molecule has 0 fully saturated rings. The van der Waals surface area contributed by atoms with Crippen LogP contribution in [-0.4, -0.2) is 27.7 Å². The Kier molecular flexibility index (Phi) is 3.45. The maximum atomic E-state index is 5.08. The summed E-state index contributed by atoms with van der Waals surface area (Å²) < 4.78 is 5.08. The predicted octanol–water partition coefficient (Wildman–Crippen LogP) is 0.498. The third kappa shape index (κ3) is 2.77. The highest BCUT2D eigenvalue weighted by atomic mass is 16.5. The van der Waals surface area contributed by atoms with Crippen LogP contribution < -0.4 is 10.1 Å². The molecule has 0 aliphatic rings. The highest BCUT2D eigenvalue weighted by Crippen LogP contribution is 2.10. The second-order valence-corrected chi connectivity index (χ2v) is 3.28. The molecule has 84 valence electrons. The second-order valence-electron chi connectivity index (χ2n) is 3.28. The Hall–Kier alpha value is -1.95. The monoisotopic (exact) mass is 219 g/mol. The number of benzene rings is 1. The molecule has 2 N–H and O–H groups in total. The summed E-state index contributed by atoms with van der Waals surface area (Å²) >= 11 is 0. The van der Waals surface area contributed by atoms with Gasteiger partial charge in [-0.05, 0) is 17.7 Å². The van der Waals surface area contributed by atoms with E-state index in [1.165, 1.54) is 5.56 Å². The normalized spacial score (nSPS) is 10.3. The number of hydrogen-bond acceptors (Lipinski definition) is 5. The molecular weight excluding hydrogens is 206 g/mol.